The van der Waals surface area contributed by atoms with E-state index in [2.05, 4.69) is 66.5 Å². The second-order valence-electron chi connectivity index (χ2n) is 8.93. The van der Waals surface area contributed by atoms with Crippen LogP contribution in [-0.2, 0) is 17.6 Å². The van der Waals surface area contributed by atoms with Crippen LogP contribution in [0.25, 0.3) is 10.9 Å². The van der Waals surface area contributed by atoms with Crippen molar-refractivity contribution < 1.29 is 4.79 Å². The number of para-hydroxylation sites is 1. The Labute approximate surface area is 189 Å². The molecule has 0 bridgehead atoms. The molecule has 0 aliphatic carbocycles. The number of aromatic amines is 1. The molecule has 4 aromatic rings. The molecule has 2 aromatic heterocycles. The number of aryl methyl sites for hydroxylation is 1. The lowest BCUT2D eigenvalue weighted by Crippen LogP contribution is -2.40. The topological polar surface area (TPSA) is 49.0 Å². The number of benzene rings is 2. The molecular formula is C28H29N3O. The van der Waals surface area contributed by atoms with Gasteiger partial charge in [0.05, 0.1) is 6.42 Å². The van der Waals surface area contributed by atoms with Crippen molar-refractivity contribution in [2.45, 2.75) is 38.5 Å². The summed E-state index contributed by atoms with van der Waals surface area (Å²) in [5.41, 5.74) is 6.92. The Kier molecular flexibility index (Phi) is 5.76. The number of fused-ring (bicyclic) bond motifs is 1. The summed E-state index contributed by atoms with van der Waals surface area (Å²) in [6, 6.07) is 23.1. The molecule has 32 heavy (non-hydrogen) atoms. The fourth-order valence-corrected chi connectivity index (χ4v) is 4.85. The van der Waals surface area contributed by atoms with E-state index in [9.17, 15) is 4.79 Å². The van der Waals surface area contributed by atoms with Crippen LogP contribution in [0.2, 0.25) is 0 Å². The van der Waals surface area contributed by atoms with E-state index in [0.29, 0.717) is 12.3 Å². The number of nitrogens with one attached hydrogen (secondary N) is 1. The van der Waals surface area contributed by atoms with Gasteiger partial charge in [-0.15, -0.1) is 0 Å². The van der Waals surface area contributed by atoms with Gasteiger partial charge in [0.15, 0.2) is 0 Å². The molecule has 1 fully saturated rings. The largest absolute Gasteiger partial charge is 0.361 e. The quantitative estimate of drug-likeness (QED) is 0.466. The number of aromatic nitrogens is 2. The molecule has 0 spiro atoms. The molecule has 0 saturated carbocycles. The number of carbonyl (C=O) groups is 1. The third-order valence-corrected chi connectivity index (χ3v) is 6.50. The first-order valence-corrected chi connectivity index (χ1v) is 11.5. The summed E-state index contributed by atoms with van der Waals surface area (Å²) < 4.78 is 0. The Bertz CT molecular complexity index is 1240. The van der Waals surface area contributed by atoms with E-state index in [1.54, 1.807) is 0 Å². The fourth-order valence-electron chi connectivity index (χ4n) is 4.85. The van der Waals surface area contributed by atoms with Gasteiger partial charge in [0.1, 0.15) is 0 Å². The number of H-pyrrole nitrogens is 1. The van der Waals surface area contributed by atoms with Crippen molar-refractivity contribution in [2.24, 2.45) is 0 Å². The van der Waals surface area contributed by atoms with Gasteiger partial charge in [0.25, 0.3) is 0 Å². The monoisotopic (exact) mass is 423 g/mol. The average molecular weight is 424 g/mol. The van der Waals surface area contributed by atoms with E-state index in [1.807, 2.05) is 23.2 Å². The van der Waals surface area contributed by atoms with Crippen molar-refractivity contribution in [2.75, 3.05) is 13.1 Å². The predicted octanol–water partition coefficient (Wildman–Crippen LogP) is 5.41. The highest BCUT2D eigenvalue weighted by Gasteiger charge is 2.26. The van der Waals surface area contributed by atoms with Crippen molar-refractivity contribution in [1.29, 1.82) is 0 Å². The normalized spacial score (nSPS) is 16.4. The second-order valence-corrected chi connectivity index (χ2v) is 8.93. The fraction of sp³-hybridized carbons (Fsp3) is 0.286. The van der Waals surface area contributed by atoms with Crippen molar-refractivity contribution in [3.05, 3.63) is 101 Å². The van der Waals surface area contributed by atoms with Crippen molar-refractivity contribution in [3.63, 3.8) is 0 Å². The van der Waals surface area contributed by atoms with Gasteiger partial charge in [0.2, 0.25) is 5.91 Å². The zero-order chi connectivity index (χ0) is 21.9. The number of nitrogens with zero attached hydrogens (tertiary/aromatic N) is 2. The highest BCUT2D eigenvalue weighted by Crippen LogP contribution is 2.27. The third kappa shape index (κ3) is 4.45. The van der Waals surface area contributed by atoms with Gasteiger partial charge in [-0.3, -0.25) is 9.78 Å². The van der Waals surface area contributed by atoms with Crippen LogP contribution < -0.4 is 0 Å². The maximum atomic E-state index is 13.1. The molecule has 1 aliphatic heterocycles. The second kappa shape index (κ2) is 8.99. The molecule has 1 amide bonds. The molecule has 3 heterocycles. The summed E-state index contributed by atoms with van der Waals surface area (Å²) in [6.07, 6.45) is 5.36. The van der Waals surface area contributed by atoms with E-state index in [4.69, 9.17) is 4.98 Å². The number of hydrogen-bond acceptors (Lipinski definition) is 2. The van der Waals surface area contributed by atoms with Gasteiger partial charge >= 0.3 is 0 Å². The Morgan fingerprint density at radius 2 is 1.97 bits per heavy atom. The first-order valence-electron chi connectivity index (χ1n) is 11.5. The lowest BCUT2D eigenvalue weighted by molar-refractivity contribution is -0.131. The molecule has 1 N–H and O–H groups in total. The molecule has 0 unspecified atom stereocenters. The highest BCUT2D eigenvalue weighted by atomic mass is 16.2. The maximum absolute atomic E-state index is 13.1. The molecule has 1 saturated heterocycles. The number of pyridine rings is 1. The van der Waals surface area contributed by atoms with Crippen LogP contribution in [0.1, 0.15) is 46.8 Å². The van der Waals surface area contributed by atoms with Crippen LogP contribution in [0.5, 0.6) is 0 Å². The molecule has 1 aliphatic rings. The van der Waals surface area contributed by atoms with E-state index in [0.717, 1.165) is 60.2 Å². The van der Waals surface area contributed by atoms with Gasteiger partial charge in [0, 0.05) is 53.9 Å². The SMILES string of the molecule is Cc1cccc(Cc2cccc([C@@H]3CCCN(C(=O)Cc4c[nH]c5ccccc45)C3)n2)c1. The van der Waals surface area contributed by atoms with Crippen molar-refractivity contribution in [1.82, 2.24) is 14.9 Å². The van der Waals surface area contributed by atoms with Crippen molar-refractivity contribution in [3.8, 4) is 0 Å². The summed E-state index contributed by atoms with van der Waals surface area (Å²) in [4.78, 5) is 23.4. The van der Waals surface area contributed by atoms with Crippen LogP contribution in [0.15, 0.2) is 72.9 Å². The standard InChI is InChI=1S/C28H29N3O/c1-20-7-4-8-21(15-20)16-24-10-5-13-26(30-24)22-9-6-14-31(19-22)28(32)17-23-18-29-27-12-3-2-11-25(23)27/h2-5,7-8,10-13,15,18,22,29H,6,9,14,16-17,19H2,1H3/t22-/m1/s1. The molecule has 1 atom stereocenters. The van der Waals surface area contributed by atoms with E-state index in [1.165, 1.54) is 11.1 Å². The van der Waals surface area contributed by atoms with Gasteiger partial charge in [-0.2, -0.15) is 0 Å². The molecule has 162 valence electrons. The number of piperidine rings is 1. The first-order chi connectivity index (χ1) is 15.7. The number of rotatable bonds is 5. The molecule has 5 rings (SSSR count). The third-order valence-electron chi connectivity index (χ3n) is 6.50. The molecule has 0 radical (unpaired) electrons. The van der Waals surface area contributed by atoms with Crippen LogP contribution in [0, 0.1) is 6.92 Å². The number of carbonyl (C=O) groups excluding carboxylic acids is 1. The summed E-state index contributed by atoms with van der Waals surface area (Å²) >= 11 is 0. The van der Waals surface area contributed by atoms with E-state index in [-0.39, 0.29) is 5.91 Å². The Morgan fingerprint density at radius 1 is 1.09 bits per heavy atom. The lowest BCUT2D eigenvalue weighted by Gasteiger charge is -2.32. The Hall–Kier alpha value is -3.40. The number of likely N-dealkylation sites (tertiary alicyclic amines) is 1. The average Bonchev–Trinajstić information content (AvgIpc) is 3.22. The van der Waals surface area contributed by atoms with Crippen LogP contribution >= 0.6 is 0 Å². The summed E-state index contributed by atoms with van der Waals surface area (Å²) in [6.45, 7) is 3.71. The zero-order valence-electron chi connectivity index (χ0n) is 18.6. The summed E-state index contributed by atoms with van der Waals surface area (Å²) in [5.74, 6) is 0.503. The molecule has 4 nitrogen and oxygen atoms in total. The van der Waals surface area contributed by atoms with Crippen molar-refractivity contribution >= 4 is 16.8 Å². The van der Waals surface area contributed by atoms with E-state index >= 15 is 0 Å². The van der Waals surface area contributed by atoms with Gasteiger partial charge in [-0.1, -0.05) is 54.1 Å². The molecular weight excluding hydrogens is 394 g/mol. The van der Waals surface area contributed by atoms with Crippen LogP contribution in [0.4, 0.5) is 0 Å². The number of hydrogen-bond donors (Lipinski definition) is 1. The minimum Gasteiger partial charge on any atom is -0.361 e. The van der Waals surface area contributed by atoms with Crippen LogP contribution in [-0.4, -0.2) is 33.9 Å². The predicted molar refractivity (Wildman–Crippen MR) is 129 cm³/mol. The smallest absolute Gasteiger partial charge is 0.227 e. The van der Waals surface area contributed by atoms with Gasteiger partial charge in [-0.25, -0.2) is 0 Å². The zero-order valence-corrected chi connectivity index (χ0v) is 18.6. The maximum Gasteiger partial charge on any atom is 0.227 e. The lowest BCUT2D eigenvalue weighted by atomic mass is 9.93. The van der Waals surface area contributed by atoms with Gasteiger partial charge in [-0.05, 0) is 49.1 Å². The Morgan fingerprint density at radius 3 is 2.88 bits per heavy atom. The van der Waals surface area contributed by atoms with Crippen LogP contribution in [0.3, 0.4) is 0 Å². The number of amides is 1. The minimum atomic E-state index is 0.204. The van der Waals surface area contributed by atoms with E-state index < -0.39 is 0 Å². The first kappa shape index (κ1) is 20.5. The van der Waals surface area contributed by atoms with Gasteiger partial charge < -0.3 is 9.88 Å². The summed E-state index contributed by atoms with van der Waals surface area (Å²) in [5, 5.41) is 1.14. The molecule has 2 aromatic carbocycles. The minimum absolute atomic E-state index is 0.204. The summed E-state index contributed by atoms with van der Waals surface area (Å²) in [7, 11) is 0. The highest BCUT2D eigenvalue weighted by molar-refractivity contribution is 5.88. The molecule has 4 heteroatoms. The Balaban J connectivity index is 1.28.